The zero-order valence-corrected chi connectivity index (χ0v) is 17.0. The number of rotatable bonds is 9. The molecule has 0 fully saturated rings. The molecule has 2 aromatic carbocycles. The average molecular weight is 398 g/mol. The van der Waals surface area contributed by atoms with E-state index in [1.807, 2.05) is 32.0 Å². The molecule has 0 N–H and O–H groups in total. The lowest BCUT2D eigenvalue weighted by Crippen LogP contribution is -2.42. The third kappa shape index (κ3) is 6.34. The second kappa shape index (κ2) is 10.8. The first-order chi connectivity index (χ1) is 14.0. The van der Waals surface area contributed by atoms with E-state index in [0.717, 1.165) is 0 Å². The first kappa shape index (κ1) is 21.9. The molecule has 29 heavy (non-hydrogen) atoms. The van der Waals surface area contributed by atoms with Gasteiger partial charge in [0.15, 0.2) is 6.61 Å². The minimum Gasteiger partial charge on any atom is -0.456 e. The number of benzene rings is 2. The number of carbonyl (C=O) groups is 3. The first-order valence-corrected chi connectivity index (χ1v) is 9.47. The second-order valence-corrected chi connectivity index (χ2v) is 6.30. The van der Waals surface area contributed by atoms with Crippen LogP contribution in [0.2, 0.25) is 0 Å². The van der Waals surface area contributed by atoms with Crippen molar-refractivity contribution in [1.82, 2.24) is 9.80 Å². The summed E-state index contributed by atoms with van der Waals surface area (Å²) in [6.45, 7) is 4.38. The Morgan fingerprint density at radius 1 is 0.862 bits per heavy atom. The average Bonchev–Trinajstić information content (AvgIpc) is 2.73. The number of carbonyl (C=O) groups excluding carboxylic acids is 3. The van der Waals surface area contributed by atoms with E-state index < -0.39 is 18.5 Å². The highest BCUT2D eigenvalue weighted by Gasteiger charge is 2.20. The van der Waals surface area contributed by atoms with Crippen molar-refractivity contribution < 1.29 is 23.9 Å². The highest BCUT2D eigenvalue weighted by molar-refractivity contribution is 5.94. The molecule has 2 amide bonds. The van der Waals surface area contributed by atoms with Crippen molar-refractivity contribution in [3.05, 3.63) is 60.2 Å². The van der Waals surface area contributed by atoms with Crippen LogP contribution in [-0.2, 0) is 14.3 Å². The number of hydrogen-bond donors (Lipinski definition) is 0. The zero-order chi connectivity index (χ0) is 21.2. The van der Waals surface area contributed by atoms with Crippen molar-refractivity contribution in [3.8, 4) is 11.5 Å². The minimum atomic E-state index is -0.673. The van der Waals surface area contributed by atoms with Gasteiger partial charge in [-0.25, -0.2) is 4.79 Å². The molecule has 0 saturated carbocycles. The molecular formula is C22H26N2O5. The fraction of sp³-hybridized carbons (Fsp3) is 0.318. The maximum atomic E-state index is 12.5. The quantitative estimate of drug-likeness (QED) is 0.607. The zero-order valence-electron chi connectivity index (χ0n) is 17.0. The highest BCUT2D eigenvalue weighted by Crippen LogP contribution is 2.25. The molecule has 0 unspecified atom stereocenters. The van der Waals surface area contributed by atoms with Crippen molar-refractivity contribution in [1.29, 1.82) is 0 Å². The number of amides is 2. The van der Waals surface area contributed by atoms with E-state index in [0.29, 0.717) is 24.6 Å². The van der Waals surface area contributed by atoms with Crippen LogP contribution in [-0.4, -0.2) is 60.9 Å². The molecule has 0 radical (unpaired) electrons. The van der Waals surface area contributed by atoms with Crippen molar-refractivity contribution in [2.75, 3.05) is 33.3 Å². The number of likely N-dealkylation sites (N-methyl/N-ethyl adjacent to an activating group) is 2. The van der Waals surface area contributed by atoms with Gasteiger partial charge in [0.05, 0.1) is 6.54 Å². The lowest BCUT2D eigenvalue weighted by molar-refractivity contribution is -0.140. The molecular weight excluding hydrogens is 372 g/mol. The van der Waals surface area contributed by atoms with E-state index in [1.54, 1.807) is 41.3 Å². The highest BCUT2D eigenvalue weighted by atomic mass is 16.5. The topological polar surface area (TPSA) is 76.2 Å². The predicted molar refractivity (Wildman–Crippen MR) is 109 cm³/mol. The van der Waals surface area contributed by atoms with Gasteiger partial charge in [0, 0.05) is 20.1 Å². The van der Waals surface area contributed by atoms with Gasteiger partial charge >= 0.3 is 5.97 Å². The van der Waals surface area contributed by atoms with Gasteiger partial charge in [0.2, 0.25) is 5.91 Å². The molecule has 0 aliphatic rings. The molecule has 0 heterocycles. The van der Waals surface area contributed by atoms with Crippen LogP contribution < -0.4 is 4.74 Å². The molecule has 0 bridgehead atoms. The Bertz CT molecular complexity index is 834. The summed E-state index contributed by atoms with van der Waals surface area (Å²) in [4.78, 5) is 39.7. The van der Waals surface area contributed by atoms with Gasteiger partial charge in [-0.05, 0) is 38.1 Å². The number of ether oxygens (including phenoxy) is 2. The summed E-state index contributed by atoms with van der Waals surface area (Å²) >= 11 is 0. The predicted octanol–water partition coefficient (Wildman–Crippen LogP) is 2.96. The molecule has 0 aliphatic carbocycles. The van der Waals surface area contributed by atoms with Gasteiger partial charge < -0.3 is 19.3 Å². The van der Waals surface area contributed by atoms with E-state index in [1.165, 1.54) is 11.9 Å². The summed E-state index contributed by atoms with van der Waals surface area (Å²) in [5, 5.41) is 0. The van der Waals surface area contributed by atoms with Crippen molar-refractivity contribution in [3.63, 3.8) is 0 Å². The molecule has 2 rings (SSSR count). The number of esters is 1. The summed E-state index contributed by atoms with van der Waals surface area (Å²) in [7, 11) is 1.50. The summed E-state index contributed by atoms with van der Waals surface area (Å²) in [6.07, 6.45) is 0. The van der Waals surface area contributed by atoms with E-state index in [4.69, 9.17) is 9.47 Å². The summed E-state index contributed by atoms with van der Waals surface area (Å²) in [6, 6.07) is 15.7. The standard InChI is InChI=1S/C22H26N2O5/c1-4-24(5-2)20(25)15-23(3)21(26)16-28-22(27)18-13-9-10-14-19(18)29-17-11-7-6-8-12-17/h6-14H,4-5,15-16H2,1-3H3. The molecule has 0 atom stereocenters. The van der Waals surface area contributed by atoms with Gasteiger partial charge in [-0.3, -0.25) is 9.59 Å². The lowest BCUT2D eigenvalue weighted by atomic mass is 10.2. The Hall–Kier alpha value is -3.35. The monoisotopic (exact) mass is 398 g/mol. The molecule has 2 aromatic rings. The Balaban J connectivity index is 1.95. The number of para-hydroxylation sites is 2. The Morgan fingerprint density at radius 3 is 2.14 bits per heavy atom. The fourth-order valence-electron chi connectivity index (χ4n) is 2.62. The van der Waals surface area contributed by atoms with E-state index in [9.17, 15) is 14.4 Å². The number of hydrogen-bond acceptors (Lipinski definition) is 5. The van der Waals surface area contributed by atoms with Crippen LogP contribution >= 0.6 is 0 Å². The fourth-order valence-corrected chi connectivity index (χ4v) is 2.62. The van der Waals surface area contributed by atoms with Gasteiger partial charge in [0.25, 0.3) is 5.91 Å². The van der Waals surface area contributed by atoms with Crippen molar-refractivity contribution >= 4 is 17.8 Å². The Kier molecular flexibility index (Phi) is 8.21. The normalized spacial score (nSPS) is 10.2. The molecule has 0 saturated heterocycles. The van der Waals surface area contributed by atoms with Crippen LogP contribution in [0.1, 0.15) is 24.2 Å². The van der Waals surface area contributed by atoms with Crippen LogP contribution in [0.15, 0.2) is 54.6 Å². The van der Waals surface area contributed by atoms with E-state index in [-0.39, 0.29) is 18.0 Å². The third-order valence-corrected chi connectivity index (χ3v) is 4.32. The van der Waals surface area contributed by atoms with Crippen LogP contribution in [0, 0.1) is 0 Å². The molecule has 154 valence electrons. The van der Waals surface area contributed by atoms with E-state index in [2.05, 4.69) is 0 Å². The third-order valence-electron chi connectivity index (χ3n) is 4.32. The smallest absolute Gasteiger partial charge is 0.342 e. The Morgan fingerprint density at radius 2 is 1.48 bits per heavy atom. The van der Waals surface area contributed by atoms with Crippen molar-refractivity contribution in [2.45, 2.75) is 13.8 Å². The van der Waals surface area contributed by atoms with Crippen LogP contribution in [0.4, 0.5) is 0 Å². The molecule has 7 heteroatoms. The Labute approximate surface area is 170 Å². The summed E-state index contributed by atoms with van der Waals surface area (Å²) in [5.41, 5.74) is 0.214. The van der Waals surface area contributed by atoms with Gasteiger partial charge in [0.1, 0.15) is 17.1 Å². The van der Waals surface area contributed by atoms with E-state index >= 15 is 0 Å². The minimum absolute atomic E-state index is 0.0637. The molecule has 7 nitrogen and oxygen atoms in total. The SMILES string of the molecule is CCN(CC)C(=O)CN(C)C(=O)COC(=O)c1ccccc1Oc1ccccc1. The second-order valence-electron chi connectivity index (χ2n) is 6.30. The first-order valence-electron chi connectivity index (χ1n) is 9.47. The molecule has 0 aromatic heterocycles. The maximum Gasteiger partial charge on any atom is 0.342 e. The maximum absolute atomic E-state index is 12.5. The van der Waals surface area contributed by atoms with Crippen LogP contribution in [0.3, 0.4) is 0 Å². The summed E-state index contributed by atoms with van der Waals surface area (Å²) < 4.78 is 10.9. The lowest BCUT2D eigenvalue weighted by Gasteiger charge is -2.23. The van der Waals surface area contributed by atoms with Gasteiger partial charge in [-0.15, -0.1) is 0 Å². The van der Waals surface area contributed by atoms with Gasteiger partial charge in [-0.2, -0.15) is 0 Å². The summed E-state index contributed by atoms with van der Waals surface area (Å²) in [5.74, 6) is -0.368. The van der Waals surface area contributed by atoms with Gasteiger partial charge in [-0.1, -0.05) is 30.3 Å². The largest absolute Gasteiger partial charge is 0.456 e. The molecule has 0 spiro atoms. The molecule has 0 aliphatic heterocycles. The van der Waals surface area contributed by atoms with Crippen molar-refractivity contribution in [2.24, 2.45) is 0 Å². The van der Waals surface area contributed by atoms with Crippen LogP contribution in [0.5, 0.6) is 11.5 Å². The van der Waals surface area contributed by atoms with Crippen LogP contribution in [0.25, 0.3) is 0 Å². The number of nitrogens with zero attached hydrogens (tertiary/aromatic N) is 2.